The summed E-state index contributed by atoms with van der Waals surface area (Å²) in [5, 5.41) is 0. The minimum absolute atomic E-state index is 0.161. The number of thiocarbonyl (C=S) groups is 1. The first-order chi connectivity index (χ1) is 6.52. The van der Waals surface area contributed by atoms with Gasteiger partial charge < -0.3 is 10.5 Å². The third-order valence-corrected chi connectivity index (χ3v) is 2.87. The molecule has 82 valence electrons. The zero-order chi connectivity index (χ0) is 10.6. The van der Waals surface area contributed by atoms with Crippen LogP contribution in [-0.2, 0) is 4.74 Å². The summed E-state index contributed by atoms with van der Waals surface area (Å²) in [6.45, 7) is 8.18. The van der Waals surface area contributed by atoms with Crippen LogP contribution < -0.4 is 5.73 Å². The molecule has 0 atom stereocenters. The monoisotopic (exact) mass is 216 g/mol. The molecule has 3 nitrogen and oxygen atoms in total. The minimum atomic E-state index is 0.161. The van der Waals surface area contributed by atoms with Crippen LogP contribution in [0.1, 0.15) is 26.7 Å². The second-order valence-corrected chi connectivity index (χ2v) is 4.95. The van der Waals surface area contributed by atoms with E-state index in [1.807, 2.05) is 0 Å². The lowest BCUT2D eigenvalue weighted by Crippen LogP contribution is -2.53. The Labute approximate surface area is 91.6 Å². The van der Waals surface area contributed by atoms with Gasteiger partial charge in [-0.15, -0.1) is 0 Å². The fourth-order valence-corrected chi connectivity index (χ4v) is 1.89. The van der Waals surface area contributed by atoms with Gasteiger partial charge in [0.1, 0.15) is 0 Å². The van der Waals surface area contributed by atoms with E-state index in [1.165, 1.54) is 0 Å². The van der Waals surface area contributed by atoms with Crippen LogP contribution in [0.3, 0.4) is 0 Å². The largest absolute Gasteiger partial charge is 0.393 e. The minimum Gasteiger partial charge on any atom is -0.393 e. The molecule has 0 saturated carbocycles. The second-order valence-electron chi connectivity index (χ2n) is 4.42. The lowest BCUT2D eigenvalue weighted by molar-refractivity contribution is -0.0509. The van der Waals surface area contributed by atoms with Gasteiger partial charge in [0.25, 0.3) is 0 Å². The average molecular weight is 216 g/mol. The molecule has 0 aromatic heterocycles. The molecule has 0 spiro atoms. The predicted molar refractivity (Wildman–Crippen MR) is 62.5 cm³/mol. The maximum absolute atomic E-state index is 5.46. The van der Waals surface area contributed by atoms with Gasteiger partial charge in [-0.1, -0.05) is 12.2 Å². The Kier molecular flexibility index (Phi) is 4.29. The number of hydrogen-bond donors (Lipinski definition) is 1. The SMILES string of the molecule is CC1(C)COCCN1CCCC(N)=S. The lowest BCUT2D eigenvalue weighted by atomic mass is 10.0. The smallest absolute Gasteiger partial charge is 0.0727 e. The Morgan fingerprint density at radius 3 is 2.86 bits per heavy atom. The zero-order valence-corrected chi connectivity index (χ0v) is 9.90. The molecule has 1 rings (SSSR count). The molecule has 1 fully saturated rings. The van der Waals surface area contributed by atoms with Gasteiger partial charge in [0.2, 0.25) is 0 Å². The first-order valence-corrected chi connectivity index (χ1v) is 5.54. The third kappa shape index (κ3) is 3.52. The first-order valence-electron chi connectivity index (χ1n) is 5.13. The highest BCUT2D eigenvalue weighted by atomic mass is 32.1. The van der Waals surface area contributed by atoms with Gasteiger partial charge >= 0.3 is 0 Å². The number of ether oxygens (including phenoxy) is 1. The van der Waals surface area contributed by atoms with E-state index in [0.29, 0.717) is 4.99 Å². The van der Waals surface area contributed by atoms with Crippen molar-refractivity contribution < 1.29 is 4.74 Å². The van der Waals surface area contributed by atoms with E-state index in [-0.39, 0.29) is 5.54 Å². The highest BCUT2D eigenvalue weighted by Gasteiger charge is 2.29. The van der Waals surface area contributed by atoms with Gasteiger partial charge in [-0.25, -0.2) is 0 Å². The van der Waals surface area contributed by atoms with E-state index < -0.39 is 0 Å². The Hall–Kier alpha value is -0.190. The highest BCUT2D eigenvalue weighted by Crippen LogP contribution is 2.19. The topological polar surface area (TPSA) is 38.5 Å². The van der Waals surface area contributed by atoms with Crippen molar-refractivity contribution in [1.82, 2.24) is 4.90 Å². The van der Waals surface area contributed by atoms with Crippen LogP contribution in [0.4, 0.5) is 0 Å². The number of rotatable bonds is 4. The van der Waals surface area contributed by atoms with Crippen molar-refractivity contribution in [2.45, 2.75) is 32.2 Å². The van der Waals surface area contributed by atoms with Crippen molar-refractivity contribution in [2.75, 3.05) is 26.3 Å². The van der Waals surface area contributed by atoms with E-state index in [2.05, 4.69) is 18.7 Å². The van der Waals surface area contributed by atoms with Crippen LogP contribution in [0, 0.1) is 0 Å². The van der Waals surface area contributed by atoms with Crippen LogP contribution >= 0.6 is 12.2 Å². The number of nitrogens with zero attached hydrogens (tertiary/aromatic N) is 1. The van der Waals surface area contributed by atoms with Crippen molar-refractivity contribution in [1.29, 1.82) is 0 Å². The van der Waals surface area contributed by atoms with Crippen LogP contribution in [0.2, 0.25) is 0 Å². The van der Waals surface area contributed by atoms with E-state index in [9.17, 15) is 0 Å². The summed E-state index contributed by atoms with van der Waals surface area (Å²) in [5.41, 5.74) is 5.63. The number of hydrogen-bond acceptors (Lipinski definition) is 3. The molecule has 1 aliphatic heterocycles. The predicted octanol–water partition coefficient (Wildman–Crippen LogP) is 1.16. The van der Waals surface area contributed by atoms with Crippen molar-refractivity contribution in [3.63, 3.8) is 0 Å². The molecule has 4 heteroatoms. The van der Waals surface area contributed by atoms with Crippen LogP contribution in [-0.4, -0.2) is 41.7 Å². The van der Waals surface area contributed by atoms with Crippen LogP contribution in [0.25, 0.3) is 0 Å². The molecule has 0 radical (unpaired) electrons. The Balaban J connectivity index is 2.31. The quantitative estimate of drug-likeness (QED) is 0.716. The zero-order valence-electron chi connectivity index (χ0n) is 9.08. The number of morpholine rings is 1. The maximum atomic E-state index is 5.46. The summed E-state index contributed by atoms with van der Waals surface area (Å²) in [5.74, 6) is 0. The summed E-state index contributed by atoms with van der Waals surface area (Å²) >= 11 is 4.85. The molecule has 1 aliphatic rings. The van der Waals surface area contributed by atoms with Gasteiger partial charge in [-0.2, -0.15) is 0 Å². The summed E-state index contributed by atoms with van der Waals surface area (Å²) in [6.07, 6.45) is 1.90. The molecule has 1 heterocycles. The summed E-state index contributed by atoms with van der Waals surface area (Å²) in [4.78, 5) is 3.07. The van der Waals surface area contributed by atoms with E-state index in [4.69, 9.17) is 22.7 Å². The van der Waals surface area contributed by atoms with Gasteiger partial charge in [0.05, 0.1) is 18.2 Å². The van der Waals surface area contributed by atoms with Crippen molar-refractivity contribution in [3.8, 4) is 0 Å². The van der Waals surface area contributed by atoms with Gasteiger partial charge in [-0.3, -0.25) is 4.90 Å². The summed E-state index contributed by atoms with van der Waals surface area (Å²) in [6, 6.07) is 0. The second kappa shape index (κ2) is 5.05. The molecule has 1 saturated heterocycles. The van der Waals surface area contributed by atoms with Gasteiger partial charge in [0.15, 0.2) is 0 Å². The van der Waals surface area contributed by atoms with E-state index in [1.54, 1.807) is 0 Å². The lowest BCUT2D eigenvalue weighted by Gasteiger charge is -2.42. The average Bonchev–Trinajstić information content (AvgIpc) is 2.07. The molecule has 0 aliphatic carbocycles. The van der Waals surface area contributed by atoms with Gasteiger partial charge in [-0.05, 0) is 33.2 Å². The molecule has 0 bridgehead atoms. The maximum Gasteiger partial charge on any atom is 0.0727 e. The Bertz CT molecular complexity index is 206. The highest BCUT2D eigenvalue weighted by molar-refractivity contribution is 7.80. The Morgan fingerprint density at radius 2 is 2.29 bits per heavy atom. The molecular weight excluding hydrogens is 196 g/mol. The third-order valence-electron chi connectivity index (χ3n) is 2.67. The molecule has 0 unspecified atom stereocenters. The molecule has 2 N–H and O–H groups in total. The molecule has 0 aromatic rings. The van der Waals surface area contributed by atoms with E-state index in [0.717, 1.165) is 39.1 Å². The van der Waals surface area contributed by atoms with Crippen molar-refractivity contribution in [3.05, 3.63) is 0 Å². The number of nitrogens with two attached hydrogens (primary N) is 1. The van der Waals surface area contributed by atoms with Crippen LogP contribution in [0.15, 0.2) is 0 Å². The van der Waals surface area contributed by atoms with Gasteiger partial charge in [0, 0.05) is 12.1 Å². The fraction of sp³-hybridized carbons (Fsp3) is 0.900. The summed E-state index contributed by atoms with van der Waals surface area (Å²) < 4.78 is 5.45. The standard InChI is InChI=1S/C10H20N2OS/c1-10(2)8-13-7-6-12(10)5-3-4-9(11)14/h3-8H2,1-2H3,(H2,11,14). The fourth-order valence-electron chi connectivity index (χ4n) is 1.75. The normalized spacial score (nSPS) is 22.1. The van der Waals surface area contributed by atoms with Crippen molar-refractivity contribution >= 4 is 17.2 Å². The van der Waals surface area contributed by atoms with Crippen LogP contribution in [0.5, 0.6) is 0 Å². The molecule has 0 amide bonds. The molecule has 0 aromatic carbocycles. The van der Waals surface area contributed by atoms with E-state index >= 15 is 0 Å². The Morgan fingerprint density at radius 1 is 1.57 bits per heavy atom. The first kappa shape index (κ1) is 11.9. The molecule has 14 heavy (non-hydrogen) atoms. The molecular formula is C10H20N2OS. The summed E-state index contributed by atoms with van der Waals surface area (Å²) in [7, 11) is 0. The van der Waals surface area contributed by atoms with Crippen molar-refractivity contribution in [2.24, 2.45) is 5.73 Å².